The Morgan fingerprint density at radius 2 is 2.00 bits per heavy atom. The summed E-state index contributed by atoms with van der Waals surface area (Å²) in [5.41, 5.74) is 2.49. The fourth-order valence-corrected chi connectivity index (χ4v) is 2.62. The minimum atomic E-state index is 0.0856. The summed E-state index contributed by atoms with van der Waals surface area (Å²) in [6.45, 7) is 6.86. The van der Waals surface area contributed by atoms with Gasteiger partial charge >= 0.3 is 0 Å². The van der Waals surface area contributed by atoms with Gasteiger partial charge in [0.2, 0.25) is 5.91 Å². The second kappa shape index (κ2) is 7.90. The summed E-state index contributed by atoms with van der Waals surface area (Å²) in [7, 11) is 1.95. The van der Waals surface area contributed by atoms with Crippen molar-refractivity contribution >= 4 is 5.91 Å². The first-order valence-electron chi connectivity index (χ1n) is 8.18. The van der Waals surface area contributed by atoms with Gasteiger partial charge in [-0.15, -0.1) is 10.2 Å². The van der Waals surface area contributed by atoms with E-state index in [9.17, 15) is 4.79 Å². The van der Waals surface area contributed by atoms with Gasteiger partial charge in [-0.25, -0.2) is 0 Å². The fourth-order valence-electron chi connectivity index (χ4n) is 2.62. The molecule has 1 N–H and O–H groups in total. The van der Waals surface area contributed by atoms with Crippen LogP contribution >= 0.6 is 0 Å². The molecule has 1 aromatic heterocycles. The Kier molecular flexibility index (Phi) is 5.90. The molecule has 0 spiro atoms. The number of aromatic nitrogens is 3. The number of amides is 1. The molecular formula is C18H26N4O. The molecule has 2 aromatic rings. The van der Waals surface area contributed by atoms with E-state index in [0.717, 1.165) is 24.5 Å². The van der Waals surface area contributed by atoms with Crippen LogP contribution in [0.5, 0.6) is 0 Å². The highest BCUT2D eigenvalue weighted by Gasteiger charge is 2.09. The van der Waals surface area contributed by atoms with E-state index in [1.54, 1.807) is 0 Å². The molecule has 0 aliphatic rings. The summed E-state index contributed by atoms with van der Waals surface area (Å²) in [6, 6.07) is 8.27. The van der Waals surface area contributed by atoms with Crippen LogP contribution in [0.2, 0.25) is 0 Å². The van der Waals surface area contributed by atoms with Crippen LogP contribution in [0.1, 0.15) is 55.4 Å². The standard InChI is InChI=1S/C18H26N4O/c1-13(2)16-9-6-5-8-15(16)12-19-18(23)11-7-10-17-21-20-14(3)22(17)4/h5-6,8-9,13H,7,10-12H2,1-4H3,(H,19,23). The quantitative estimate of drug-likeness (QED) is 0.855. The van der Waals surface area contributed by atoms with Crippen molar-refractivity contribution < 1.29 is 4.79 Å². The second-order valence-electron chi connectivity index (χ2n) is 6.21. The van der Waals surface area contributed by atoms with Gasteiger partial charge in [0.1, 0.15) is 11.6 Å². The number of nitrogens with zero attached hydrogens (tertiary/aromatic N) is 3. The topological polar surface area (TPSA) is 59.8 Å². The second-order valence-corrected chi connectivity index (χ2v) is 6.21. The molecule has 2 rings (SSSR count). The molecular weight excluding hydrogens is 288 g/mol. The van der Waals surface area contributed by atoms with Crippen LogP contribution in [0, 0.1) is 6.92 Å². The zero-order valence-electron chi connectivity index (χ0n) is 14.5. The van der Waals surface area contributed by atoms with Gasteiger partial charge in [-0.1, -0.05) is 38.1 Å². The molecule has 0 aliphatic carbocycles. The van der Waals surface area contributed by atoms with Crippen LogP contribution in [-0.4, -0.2) is 20.7 Å². The summed E-state index contributed by atoms with van der Waals surface area (Å²) in [5, 5.41) is 11.2. The number of aryl methyl sites for hydroxylation is 2. The van der Waals surface area contributed by atoms with E-state index >= 15 is 0 Å². The summed E-state index contributed by atoms with van der Waals surface area (Å²) in [6.07, 6.45) is 2.06. The largest absolute Gasteiger partial charge is 0.352 e. The van der Waals surface area contributed by atoms with Gasteiger partial charge in [0.05, 0.1) is 0 Å². The van der Waals surface area contributed by atoms with Gasteiger partial charge in [-0.05, 0) is 30.4 Å². The van der Waals surface area contributed by atoms with Gasteiger partial charge in [-0.2, -0.15) is 0 Å². The minimum absolute atomic E-state index is 0.0856. The lowest BCUT2D eigenvalue weighted by atomic mass is 9.97. The number of rotatable bonds is 7. The van der Waals surface area contributed by atoms with E-state index in [1.165, 1.54) is 11.1 Å². The van der Waals surface area contributed by atoms with Crippen LogP contribution in [-0.2, 0) is 24.8 Å². The maximum atomic E-state index is 12.0. The molecule has 0 bridgehead atoms. The first kappa shape index (κ1) is 17.2. The Morgan fingerprint density at radius 1 is 1.26 bits per heavy atom. The van der Waals surface area contributed by atoms with E-state index in [0.29, 0.717) is 18.9 Å². The van der Waals surface area contributed by atoms with Crippen LogP contribution in [0.4, 0.5) is 0 Å². The molecule has 0 fully saturated rings. The van der Waals surface area contributed by atoms with E-state index in [4.69, 9.17) is 0 Å². The Hall–Kier alpha value is -2.17. The predicted molar refractivity (Wildman–Crippen MR) is 91.1 cm³/mol. The van der Waals surface area contributed by atoms with Crippen molar-refractivity contribution in [1.82, 2.24) is 20.1 Å². The lowest BCUT2D eigenvalue weighted by Crippen LogP contribution is -2.23. The van der Waals surface area contributed by atoms with Crippen molar-refractivity contribution in [1.29, 1.82) is 0 Å². The highest BCUT2D eigenvalue weighted by Crippen LogP contribution is 2.18. The molecule has 23 heavy (non-hydrogen) atoms. The molecule has 5 heteroatoms. The monoisotopic (exact) mass is 314 g/mol. The van der Waals surface area contributed by atoms with Crippen LogP contribution in [0.25, 0.3) is 0 Å². The van der Waals surface area contributed by atoms with Crippen molar-refractivity contribution in [3.63, 3.8) is 0 Å². The normalized spacial score (nSPS) is 11.0. The number of carbonyl (C=O) groups excluding carboxylic acids is 1. The van der Waals surface area contributed by atoms with Gasteiger partial charge < -0.3 is 9.88 Å². The smallest absolute Gasteiger partial charge is 0.220 e. The van der Waals surface area contributed by atoms with Crippen LogP contribution < -0.4 is 5.32 Å². The van der Waals surface area contributed by atoms with E-state index in [-0.39, 0.29) is 5.91 Å². The Labute approximate surface area is 138 Å². The number of benzene rings is 1. The summed E-state index contributed by atoms with van der Waals surface area (Å²) >= 11 is 0. The average molecular weight is 314 g/mol. The predicted octanol–water partition coefficient (Wildman–Crippen LogP) is 2.89. The van der Waals surface area contributed by atoms with Gasteiger partial charge in [0.25, 0.3) is 0 Å². The Morgan fingerprint density at radius 3 is 2.65 bits per heavy atom. The first-order valence-corrected chi connectivity index (χ1v) is 8.18. The number of nitrogens with one attached hydrogen (secondary N) is 1. The molecule has 0 aliphatic heterocycles. The third-order valence-corrected chi connectivity index (χ3v) is 4.14. The zero-order valence-corrected chi connectivity index (χ0v) is 14.5. The number of hydrogen-bond acceptors (Lipinski definition) is 3. The third kappa shape index (κ3) is 4.65. The van der Waals surface area contributed by atoms with Crippen molar-refractivity contribution in [3.05, 3.63) is 47.0 Å². The van der Waals surface area contributed by atoms with E-state index in [1.807, 2.05) is 30.7 Å². The van der Waals surface area contributed by atoms with Crippen LogP contribution in [0.15, 0.2) is 24.3 Å². The molecule has 0 radical (unpaired) electrons. The molecule has 1 heterocycles. The van der Waals surface area contributed by atoms with E-state index < -0.39 is 0 Å². The summed E-state index contributed by atoms with van der Waals surface area (Å²) in [4.78, 5) is 12.0. The Bertz CT molecular complexity index is 661. The lowest BCUT2D eigenvalue weighted by Gasteiger charge is -2.13. The SMILES string of the molecule is Cc1nnc(CCCC(=O)NCc2ccccc2C(C)C)n1C. The van der Waals surface area contributed by atoms with Crippen molar-refractivity contribution in [2.24, 2.45) is 7.05 Å². The molecule has 0 saturated carbocycles. The zero-order chi connectivity index (χ0) is 16.8. The molecule has 1 aromatic carbocycles. The highest BCUT2D eigenvalue weighted by atomic mass is 16.1. The molecule has 0 unspecified atom stereocenters. The van der Waals surface area contributed by atoms with Gasteiger partial charge in [0.15, 0.2) is 0 Å². The highest BCUT2D eigenvalue weighted by molar-refractivity contribution is 5.75. The first-order chi connectivity index (χ1) is 11.0. The van der Waals surface area contributed by atoms with Gasteiger partial charge in [-0.3, -0.25) is 4.79 Å². The molecule has 0 saturated heterocycles. The minimum Gasteiger partial charge on any atom is -0.352 e. The fraction of sp³-hybridized carbons (Fsp3) is 0.500. The molecule has 124 valence electrons. The van der Waals surface area contributed by atoms with Gasteiger partial charge in [0, 0.05) is 26.4 Å². The van der Waals surface area contributed by atoms with Crippen molar-refractivity contribution in [2.45, 2.75) is 52.5 Å². The summed E-state index contributed by atoms with van der Waals surface area (Å²) in [5.74, 6) is 2.37. The maximum absolute atomic E-state index is 12.0. The maximum Gasteiger partial charge on any atom is 0.220 e. The number of hydrogen-bond donors (Lipinski definition) is 1. The van der Waals surface area contributed by atoms with Crippen LogP contribution in [0.3, 0.4) is 0 Å². The third-order valence-electron chi connectivity index (χ3n) is 4.14. The molecule has 0 atom stereocenters. The molecule has 5 nitrogen and oxygen atoms in total. The number of carbonyl (C=O) groups is 1. The lowest BCUT2D eigenvalue weighted by molar-refractivity contribution is -0.121. The molecule has 1 amide bonds. The van der Waals surface area contributed by atoms with Crippen molar-refractivity contribution in [3.8, 4) is 0 Å². The average Bonchev–Trinajstić information content (AvgIpc) is 2.85. The summed E-state index contributed by atoms with van der Waals surface area (Å²) < 4.78 is 1.97. The van der Waals surface area contributed by atoms with E-state index in [2.05, 4.69) is 41.5 Å². The van der Waals surface area contributed by atoms with Crippen molar-refractivity contribution in [2.75, 3.05) is 0 Å². The Balaban J connectivity index is 1.78.